The fraction of sp³-hybridized carbons (Fsp3) is 0.308. The van der Waals surface area contributed by atoms with Crippen LogP contribution in [0.2, 0.25) is 0 Å². The Labute approximate surface area is 207 Å². The maximum absolute atomic E-state index is 8.88. The zero-order valence-electron chi connectivity index (χ0n) is 19.9. The second-order valence-corrected chi connectivity index (χ2v) is 9.27. The van der Waals surface area contributed by atoms with Crippen molar-refractivity contribution < 1.29 is 14.2 Å². The Morgan fingerprint density at radius 2 is 1.75 bits per heavy atom. The second kappa shape index (κ2) is 8.92. The third kappa shape index (κ3) is 3.96. The molecule has 2 aromatic heterocycles. The van der Waals surface area contributed by atoms with E-state index in [1.807, 2.05) is 73.1 Å². The van der Waals surface area contributed by atoms with Crippen molar-refractivity contribution in [3.8, 4) is 11.1 Å². The highest BCUT2D eigenvalue weighted by molar-refractivity contribution is 6.02. The molecule has 4 aromatic rings. The van der Waals surface area contributed by atoms with Gasteiger partial charge in [0.15, 0.2) is 12.0 Å². The third-order valence-corrected chi connectivity index (χ3v) is 6.45. The molecular weight excluding hydrogens is 458 g/mol. The molecule has 2 aliphatic rings. The number of azide groups is 1. The maximum atomic E-state index is 8.88. The molecule has 0 spiro atoms. The number of para-hydroxylation sites is 1. The summed E-state index contributed by atoms with van der Waals surface area (Å²) in [4.78, 5) is 12.2. The van der Waals surface area contributed by atoms with Crippen LogP contribution in [-0.2, 0) is 14.2 Å². The molecule has 2 saturated heterocycles. The van der Waals surface area contributed by atoms with Crippen LogP contribution in [0.4, 0.5) is 11.5 Å². The topological polar surface area (TPSA) is 119 Å². The van der Waals surface area contributed by atoms with Gasteiger partial charge in [0.25, 0.3) is 0 Å². The van der Waals surface area contributed by atoms with Crippen LogP contribution in [0.1, 0.15) is 20.1 Å². The van der Waals surface area contributed by atoms with Gasteiger partial charge in [-0.2, -0.15) is 0 Å². The summed E-state index contributed by atoms with van der Waals surface area (Å²) in [5.41, 5.74) is 12.5. The Morgan fingerprint density at radius 3 is 2.50 bits per heavy atom. The fourth-order valence-electron chi connectivity index (χ4n) is 5.02. The van der Waals surface area contributed by atoms with Crippen molar-refractivity contribution >= 4 is 22.5 Å². The molecule has 4 heterocycles. The molecular formula is C26H25N7O3. The number of anilines is 2. The van der Waals surface area contributed by atoms with E-state index in [2.05, 4.69) is 37.4 Å². The highest BCUT2D eigenvalue weighted by Crippen LogP contribution is 2.46. The number of benzene rings is 2. The Hall–Kier alpha value is -3.95. The van der Waals surface area contributed by atoms with Crippen LogP contribution in [0.3, 0.4) is 0 Å². The number of ether oxygens (including phenoxy) is 3. The van der Waals surface area contributed by atoms with Crippen LogP contribution >= 0.6 is 0 Å². The molecule has 1 N–H and O–H groups in total. The molecule has 0 radical (unpaired) electrons. The minimum Gasteiger partial charge on any atom is -0.349 e. The van der Waals surface area contributed by atoms with E-state index in [-0.39, 0.29) is 12.6 Å². The largest absolute Gasteiger partial charge is 0.349 e. The fourth-order valence-corrected chi connectivity index (χ4v) is 5.02. The summed E-state index contributed by atoms with van der Waals surface area (Å²) in [6.07, 6.45) is 1.81. The lowest BCUT2D eigenvalue weighted by molar-refractivity contribution is -0.195. The minimum absolute atomic E-state index is 0.147. The zero-order chi connectivity index (χ0) is 24.7. The minimum atomic E-state index is -0.786. The summed E-state index contributed by atoms with van der Waals surface area (Å²) in [7, 11) is 0. The molecule has 0 unspecified atom stereocenters. The van der Waals surface area contributed by atoms with Crippen molar-refractivity contribution in [2.45, 2.75) is 44.2 Å². The van der Waals surface area contributed by atoms with E-state index < -0.39 is 24.2 Å². The molecule has 182 valence electrons. The Kier molecular flexibility index (Phi) is 5.58. The number of hydrogen-bond acceptors (Lipinski definition) is 7. The molecule has 0 bridgehead atoms. The third-order valence-electron chi connectivity index (χ3n) is 6.45. The molecule has 0 amide bonds. The highest BCUT2D eigenvalue weighted by Gasteiger charge is 2.55. The highest BCUT2D eigenvalue weighted by atomic mass is 16.8. The summed E-state index contributed by atoms with van der Waals surface area (Å²) in [6, 6.07) is 20.0. The average molecular weight is 484 g/mol. The van der Waals surface area contributed by atoms with Crippen molar-refractivity contribution in [2.75, 3.05) is 11.9 Å². The van der Waals surface area contributed by atoms with E-state index in [1.165, 1.54) is 0 Å². The number of nitrogens with zero attached hydrogens (tertiary/aromatic N) is 6. The second-order valence-electron chi connectivity index (χ2n) is 9.27. The smallest absolute Gasteiger partial charge is 0.164 e. The molecule has 2 fully saturated rings. The molecule has 0 aliphatic carbocycles. The monoisotopic (exact) mass is 483 g/mol. The molecule has 10 heteroatoms. The first kappa shape index (κ1) is 22.5. The molecule has 4 atom stereocenters. The summed E-state index contributed by atoms with van der Waals surface area (Å²) in [5.74, 6) is -0.0976. The van der Waals surface area contributed by atoms with Gasteiger partial charge in [0.2, 0.25) is 0 Å². The van der Waals surface area contributed by atoms with E-state index in [9.17, 15) is 0 Å². The van der Waals surface area contributed by atoms with E-state index in [0.29, 0.717) is 11.5 Å². The first-order valence-electron chi connectivity index (χ1n) is 11.8. The standard InChI is InChI=1S/C26H25N7O3/c1-26(2)35-21-19(13-30-32-27)34-25(22(21)36-26)33-14-18(16-9-5-3-6-10-16)20-23(28-15-29-24(20)33)31-17-11-7-4-8-12-17/h3-12,14-15,19,21-22,25H,13H2,1-2H3,(H,28,29,31)/t19-,21-,22-,25-/m1/s1. The predicted octanol–water partition coefficient (Wildman–Crippen LogP) is 5.57. The predicted molar refractivity (Wildman–Crippen MR) is 134 cm³/mol. The van der Waals surface area contributed by atoms with E-state index >= 15 is 0 Å². The molecule has 0 saturated carbocycles. The van der Waals surface area contributed by atoms with Gasteiger partial charge in [-0.05, 0) is 37.1 Å². The molecule has 2 aromatic carbocycles. The first-order chi connectivity index (χ1) is 17.5. The van der Waals surface area contributed by atoms with E-state index in [1.54, 1.807) is 6.33 Å². The normalized spacial score (nSPS) is 24.4. The quantitative estimate of drug-likeness (QED) is 0.218. The van der Waals surface area contributed by atoms with Crippen molar-refractivity contribution in [1.82, 2.24) is 14.5 Å². The van der Waals surface area contributed by atoms with Crippen molar-refractivity contribution in [2.24, 2.45) is 5.11 Å². The number of rotatable bonds is 6. The van der Waals surface area contributed by atoms with Crippen molar-refractivity contribution in [1.29, 1.82) is 0 Å². The van der Waals surface area contributed by atoms with Crippen LogP contribution < -0.4 is 5.32 Å². The van der Waals surface area contributed by atoms with Crippen LogP contribution in [0.25, 0.3) is 32.6 Å². The summed E-state index contributed by atoms with van der Waals surface area (Å²) in [5, 5.41) is 8.05. The van der Waals surface area contributed by atoms with Gasteiger partial charge >= 0.3 is 0 Å². The Bertz CT molecular complexity index is 1430. The Morgan fingerprint density at radius 1 is 1.03 bits per heavy atom. The van der Waals surface area contributed by atoms with Gasteiger partial charge in [-0.1, -0.05) is 53.6 Å². The van der Waals surface area contributed by atoms with Gasteiger partial charge < -0.3 is 24.1 Å². The van der Waals surface area contributed by atoms with Crippen LogP contribution in [0.5, 0.6) is 0 Å². The maximum Gasteiger partial charge on any atom is 0.164 e. The van der Waals surface area contributed by atoms with Gasteiger partial charge in [-0.15, -0.1) is 0 Å². The van der Waals surface area contributed by atoms with Gasteiger partial charge in [0.05, 0.1) is 18.0 Å². The zero-order valence-corrected chi connectivity index (χ0v) is 19.9. The van der Waals surface area contributed by atoms with Gasteiger partial charge in [0, 0.05) is 22.4 Å². The molecule has 2 aliphatic heterocycles. The van der Waals surface area contributed by atoms with Gasteiger partial charge in [-0.3, -0.25) is 0 Å². The number of hydrogen-bond donors (Lipinski definition) is 1. The number of fused-ring (bicyclic) bond motifs is 2. The van der Waals surface area contributed by atoms with Crippen LogP contribution in [-0.4, -0.2) is 45.2 Å². The number of aromatic nitrogens is 3. The van der Waals surface area contributed by atoms with Gasteiger partial charge in [0.1, 0.15) is 30.0 Å². The van der Waals surface area contributed by atoms with E-state index in [0.717, 1.165) is 22.2 Å². The number of nitrogens with one attached hydrogen (secondary N) is 1. The molecule has 10 nitrogen and oxygen atoms in total. The van der Waals surface area contributed by atoms with Gasteiger partial charge in [-0.25, -0.2) is 9.97 Å². The summed E-state index contributed by atoms with van der Waals surface area (Å²) < 4.78 is 20.8. The van der Waals surface area contributed by atoms with Crippen molar-refractivity contribution in [3.63, 3.8) is 0 Å². The van der Waals surface area contributed by atoms with Crippen molar-refractivity contribution in [3.05, 3.63) is 83.6 Å². The molecule has 6 rings (SSSR count). The first-order valence-corrected chi connectivity index (χ1v) is 11.8. The average Bonchev–Trinajstić information content (AvgIpc) is 3.53. The molecule has 36 heavy (non-hydrogen) atoms. The van der Waals surface area contributed by atoms with Crippen LogP contribution in [0.15, 0.2) is 78.3 Å². The lowest BCUT2D eigenvalue weighted by Gasteiger charge is -2.24. The van der Waals surface area contributed by atoms with E-state index in [4.69, 9.17) is 19.7 Å². The lowest BCUT2D eigenvalue weighted by atomic mass is 10.1. The lowest BCUT2D eigenvalue weighted by Crippen LogP contribution is -2.31. The SMILES string of the molecule is CC1(C)O[C@@H]2[C@H](O1)[C@@H](CN=[N+]=[N-])O[C@H]2n1cc(-c2ccccc2)c2c(Nc3ccccc3)ncnc21. The summed E-state index contributed by atoms with van der Waals surface area (Å²) in [6.45, 7) is 3.90. The Balaban J connectivity index is 1.50. The summed E-state index contributed by atoms with van der Waals surface area (Å²) >= 11 is 0. The van der Waals surface area contributed by atoms with Crippen LogP contribution in [0, 0.1) is 0 Å².